The molecule has 0 radical (unpaired) electrons. The summed E-state index contributed by atoms with van der Waals surface area (Å²) in [6, 6.07) is 9.06. The van der Waals surface area contributed by atoms with Crippen molar-refractivity contribution >= 4 is 27.5 Å². The molecule has 5 heteroatoms. The van der Waals surface area contributed by atoms with Crippen LogP contribution >= 0.6 is 27.5 Å². The van der Waals surface area contributed by atoms with Gasteiger partial charge in [-0.1, -0.05) is 39.7 Å². The summed E-state index contributed by atoms with van der Waals surface area (Å²) in [6.45, 7) is 0.899. The van der Waals surface area contributed by atoms with Gasteiger partial charge in [-0.2, -0.15) is 0 Å². The summed E-state index contributed by atoms with van der Waals surface area (Å²) in [4.78, 5) is 0. The van der Waals surface area contributed by atoms with Crippen LogP contribution in [0.15, 0.2) is 40.9 Å². The molecule has 0 aliphatic heterocycles. The van der Waals surface area contributed by atoms with E-state index in [0.717, 1.165) is 16.1 Å². The molecule has 0 fully saturated rings. The second-order valence-corrected chi connectivity index (χ2v) is 5.37. The molecule has 0 saturated carbocycles. The van der Waals surface area contributed by atoms with E-state index in [-0.39, 0.29) is 0 Å². The van der Waals surface area contributed by atoms with Gasteiger partial charge in [0.25, 0.3) is 0 Å². The summed E-state index contributed by atoms with van der Waals surface area (Å²) in [5.41, 5.74) is 1.46. The van der Waals surface area contributed by atoms with Gasteiger partial charge in [0, 0.05) is 34.2 Å². The lowest BCUT2D eigenvalue weighted by atomic mass is 10.2. The Balaban J connectivity index is 1.96. The van der Waals surface area contributed by atoms with Gasteiger partial charge in [-0.15, -0.1) is 0 Å². The van der Waals surface area contributed by atoms with Crippen LogP contribution in [0.5, 0.6) is 0 Å². The molecule has 0 amide bonds. The van der Waals surface area contributed by atoms with E-state index in [1.165, 1.54) is 12.1 Å². The molecule has 0 spiro atoms. The van der Waals surface area contributed by atoms with Crippen molar-refractivity contribution < 1.29 is 8.78 Å². The van der Waals surface area contributed by atoms with Crippen LogP contribution < -0.4 is 5.32 Å². The smallest absolute Gasteiger partial charge is 0.130 e. The van der Waals surface area contributed by atoms with Gasteiger partial charge in [-0.3, -0.25) is 0 Å². The number of nitrogens with one attached hydrogen (secondary N) is 1. The summed E-state index contributed by atoms with van der Waals surface area (Å²) >= 11 is 9.26. The first-order valence-electron chi connectivity index (χ1n) is 5.65. The minimum atomic E-state index is -0.568. The van der Waals surface area contributed by atoms with Crippen LogP contribution in [-0.4, -0.2) is 0 Å². The van der Waals surface area contributed by atoms with Gasteiger partial charge in [-0.25, -0.2) is 8.78 Å². The maximum absolute atomic E-state index is 13.4. The normalized spacial score (nSPS) is 10.7. The highest BCUT2D eigenvalue weighted by Crippen LogP contribution is 2.21. The van der Waals surface area contributed by atoms with Crippen LogP contribution in [0, 0.1) is 11.6 Å². The highest BCUT2D eigenvalue weighted by molar-refractivity contribution is 9.10. The Morgan fingerprint density at radius 2 is 1.68 bits per heavy atom. The van der Waals surface area contributed by atoms with Gasteiger partial charge in [0.1, 0.15) is 11.6 Å². The Kier molecular flexibility index (Phi) is 4.91. The SMILES string of the molecule is Fc1ccc(CNCc2ccc(Cl)cc2Br)c(F)c1. The third-order valence-corrected chi connectivity index (χ3v) is 3.63. The second kappa shape index (κ2) is 6.46. The zero-order valence-electron chi connectivity index (χ0n) is 9.89. The summed E-state index contributed by atoms with van der Waals surface area (Å²) in [5, 5.41) is 3.76. The van der Waals surface area contributed by atoms with Gasteiger partial charge in [0.05, 0.1) is 0 Å². The number of hydrogen-bond donors (Lipinski definition) is 1. The van der Waals surface area contributed by atoms with Crippen molar-refractivity contribution in [1.82, 2.24) is 5.32 Å². The molecule has 1 N–H and O–H groups in total. The third-order valence-electron chi connectivity index (χ3n) is 2.66. The van der Waals surface area contributed by atoms with Crippen LogP contribution in [0.4, 0.5) is 8.78 Å². The summed E-state index contributed by atoms with van der Waals surface area (Å²) in [7, 11) is 0. The quantitative estimate of drug-likeness (QED) is 0.848. The van der Waals surface area contributed by atoms with Gasteiger partial charge < -0.3 is 5.32 Å². The van der Waals surface area contributed by atoms with Gasteiger partial charge >= 0.3 is 0 Å². The summed E-state index contributed by atoms with van der Waals surface area (Å²) in [6.07, 6.45) is 0. The van der Waals surface area contributed by atoms with E-state index in [2.05, 4.69) is 21.2 Å². The molecule has 0 aromatic heterocycles. The second-order valence-electron chi connectivity index (χ2n) is 4.08. The molecule has 100 valence electrons. The molecule has 0 saturated heterocycles. The number of halogens is 4. The van der Waals surface area contributed by atoms with Crippen molar-refractivity contribution in [2.45, 2.75) is 13.1 Å². The van der Waals surface area contributed by atoms with E-state index in [0.29, 0.717) is 23.7 Å². The molecule has 0 heterocycles. The monoisotopic (exact) mass is 345 g/mol. The van der Waals surface area contributed by atoms with Crippen LogP contribution in [0.1, 0.15) is 11.1 Å². The molecule has 0 unspecified atom stereocenters. The fraction of sp³-hybridized carbons (Fsp3) is 0.143. The van der Waals surface area contributed by atoms with E-state index < -0.39 is 11.6 Å². The van der Waals surface area contributed by atoms with E-state index in [9.17, 15) is 8.78 Å². The van der Waals surface area contributed by atoms with Crippen molar-refractivity contribution in [3.05, 3.63) is 68.7 Å². The predicted molar refractivity (Wildman–Crippen MR) is 76.1 cm³/mol. The lowest BCUT2D eigenvalue weighted by Gasteiger charge is -2.08. The van der Waals surface area contributed by atoms with Crippen LogP contribution in [0.25, 0.3) is 0 Å². The Bertz CT molecular complexity index is 538. The molecule has 19 heavy (non-hydrogen) atoms. The average Bonchev–Trinajstić information content (AvgIpc) is 2.34. The molecule has 0 aliphatic carbocycles. The zero-order chi connectivity index (χ0) is 13.8. The minimum Gasteiger partial charge on any atom is -0.308 e. The maximum Gasteiger partial charge on any atom is 0.130 e. The maximum atomic E-state index is 13.4. The Hall–Kier alpha value is -0.970. The highest BCUT2D eigenvalue weighted by atomic mass is 79.9. The van der Waals surface area contributed by atoms with E-state index >= 15 is 0 Å². The summed E-state index contributed by atoms with van der Waals surface area (Å²) < 4.78 is 27.0. The van der Waals surface area contributed by atoms with Crippen molar-refractivity contribution in [3.8, 4) is 0 Å². The van der Waals surface area contributed by atoms with E-state index in [1.54, 1.807) is 12.1 Å². The fourth-order valence-corrected chi connectivity index (χ4v) is 2.48. The molecule has 1 nitrogen and oxygen atoms in total. The largest absolute Gasteiger partial charge is 0.308 e. The molecular formula is C14H11BrClF2N. The fourth-order valence-electron chi connectivity index (χ4n) is 1.66. The molecule has 0 bridgehead atoms. The van der Waals surface area contributed by atoms with Crippen LogP contribution in [0.3, 0.4) is 0 Å². The van der Waals surface area contributed by atoms with Crippen LogP contribution in [-0.2, 0) is 13.1 Å². The van der Waals surface area contributed by atoms with Crippen molar-refractivity contribution in [3.63, 3.8) is 0 Å². The van der Waals surface area contributed by atoms with Crippen molar-refractivity contribution in [2.75, 3.05) is 0 Å². The standard InChI is InChI=1S/C14H11BrClF2N/c15-13-5-11(16)3-1-9(13)7-19-8-10-2-4-12(17)6-14(10)18/h1-6,19H,7-8H2. The van der Waals surface area contributed by atoms with Crippen molar-refractivity contribution in [1.29, 1.82) is 0 Å². The van der Waals surface area contributed by atoms with Gasteiger partial charge in [-0.05, 0) is 23.8 Å². The number of rotatable bonds is 4. The molecule has 0 aliphatic rings. The van der Waals surface area contributed by atoms with E-state index in [1.807, 2.05) is 6.07 Å². The number of benzene rings is 2. The lowest BCUT2D eigenvalue weighted by Crippen LogP contribution is -2.14. The molecule has 0 atom stereocenters. The topological polar surface area (TPSA) is 12.0 Å². The Morgan fingerprint density at radius 3 is 2.37 bits per heavy atom. The Labute approximate surface area is 123 Å². The molecular weight excluding hydrogens is 336 g/mol. The molecule has 2 aromatic carbocycles. The third kappa shape index (κ3) is 4.00. The highest BCUT2D eigenvalue weighted by Gasteiger charge is 2.04. The van der Waals surface area contributed by atoms with Gasteiger partial charge in [0.2, 0.25) is 0 Å². The minimum absolute atomic E-state index is 0.335. The predicted octanol–water partition coefficient (Wildman–Crippen LogP) is 4.67. The lowest BCUT2D eigenvalue weighted by molar-refractivity contribution is 0.560. The Morgan fingerprint density at radius 1 is 1.00 bits per heavy atom. The number of hydrogen-bond acceptors (Lipinski definition) is 1. The first-order chi connectivity index (χ1) is 9.06. The molecule has 2 aromatic rings. The first-order valence-corrected chi connectivity index (χ1v) is 6.82. The van der Waals surface area contributed by atoms with Crippen molar-refractivity contribution in [2.24, 2.45) is 0 Å². The van der Waals surface area contributed by atoms with Crippen LogP contribution in [0.2, 0.25) is 5.02 Å². The average molecular weight is 347 g/mol. The summed E-state index contributed by atoms with van der Waals surface area (Å²) in [5.74, 6) is -1.11. The van der Waals surface area contributed by atoms with E-state index in [4.69, 9.17) is 11.6 Å². The first kappa shape index (κ1) is 14.4. The van der Waals surface area contributed by atoms with Gasteiger partial charge in [0.15, 0.2) is 0 Å². The zero-order valence-corrected chi connectivity index (χ0v) is 12.2. The molecule has 2 rings (SSSR count).